The molecule has 0 rings (SSSR count). The molecule has 1 N–H and O–H groups in total. The van der Waals surface area contributed by atoms with Gasteiger partial charge in [-0.25, -0.2) is 0 Å². The summed E-state index contributed by atoms with van der Waals surface area (Å²) in [7, 11) is 4.08. The van der Waals surface area contributed by atoms with Crippen molar-refractivity contribution >= 4 is 5.91 Å². The van der Waals surface area contributed by atoms with E-state index < -0.39 is 0 Å². The second kappa shape index (κ2) is 8.48. The highest BCUT2D eigenvalue weighted by Crippen LogP contribution is 2.05. The number of hydrogen-bond acceptors (Lipinski definition) is 3. The summed E-state index contributed by atoms with van der Waals surface area (Å²) in [5.74, 6) is 0.246. The standard InChI is InChI=1S/C13H29N3O/c1-7-14-11(3)9-13(17)16(8-2)12(4)10-15(5)6/h11-12,14H,7-10H2,1-6H3. The van der Waals surface area contributed by atoms with Gasteiger partial charge in [0, 0.05) is 31.6 Å². The van der Waals surface area contributed by atoms with Gasteiger partial charge in [-0.2, -0.15) is 0 Å². The summed E-state index contributed by atoms with van der Waals surface area (Å²) >= 11 is 0. The van der Waals surface area contributed by atoms with E-state index in [1.165, 1.54) is 0 Å². The molecule has 1 amide bonds. The molecule has 2 atom stereocenters. The Labute approximate surface area is 106 Å². The first kappa shape index (κ1) is 16.4. The molecule has 0 aromatic rings. The summed E-state index contributed by atoms with van der Waals surface area (Å²) in [4.78, 5) is 16.2. The predicted molar refractivity (Wildman–Crippen MR) is 73.2 cm³/mol. The van der Waals surface area contributed by atoms with Gasteiger partial charge in [0.25, 0.3) is 0 Å². The molecule has 0 bridgehead atoms. The van der Waals surface area contributed by atoms with Crippen LogP contribution >= 0.6 is 0 Å². The van der Waals surface area contributed by atoms with E-state index in [4.69, 9.17) is 0 Å². The maximum absolute atomic E-state index is 12.1. The number of amides is 1. The molecule has 4 heteroatoms. The van der Waals surface area contributed by atoms with Crippen LogP contribution < -0.4 is 5.32 Å². The van der Waals surface area contributed by atoms with Gasteiger partial charge in [-0.15, -0.1) is 0 Å². The van der Waals surface area contributed by atoms with E-state index in [2.05, 4.69) is 31.0 Å². The Kier molecular flexibility index (Phi) is 8.17. The molecule has 0 heterocycles. The molecule has 0 aliphatic rings. The molecule has 0 radical (unpaired) electrons. The summed E-state index contributed by atoms with van der Waals surface area (Å²) in [6, 6.07) is 0.532. The molecule has 0 fully saturated rings. The number of nitrogens with zero attached hydrogens (tertiary/aromatic N) is 2. The second-order valence-corrected chi connectivity index (χ2v) is 4.95. The number of carbonyl (C=O) groups excluding carboxylic acids is 1. The van der Waals surface area contributed by atoms with Gasteiger partial charge >= 0.3 is 0 Å². The van der Waals surface area contributed by atoms with E-state index in [0.29, 0.717) is 6.42 Å². The molecule has 2 unspecified atom stereocenters. The Balaban J connectivity index is 4.29. The third-order valence-corrected chi connectivity index (χ3v) is 2.86. The SMILES string of the molecule is CCNC(C)CC(=O)N(CC)C(C)CN(C)C. The van der Waals surface area contributed by atoms with Crippen molar-refractivity contribution in [1.29, 1.82) is 0 Å². The van der Waals surface area contributed by atoms with Gasteiger partial charge in [-0.3, -0.25) is 4.79 Å². The van der Waals surface area contributed by atoms with Crippen LogP contribution in [-0.4, -0.2) is 61.5 Å². The van der Waals surface area contributed by atoms with Crippen molar-refractivity contribution in [3.8, 4) is 0 Å². The van der Waals surface area contributed by atoms with E-state index in [1.54, 1.807) is 0 Å². The van der Waals surface area contributed by atoms with Gasteiger partial charge in [0.05, 0.1) is 0 Å². The van der Waals surface area contributed by atoms with E-state index >= 15 is 0 Å². The second-order valence-electron chi connectivity index (χ2n) is 4.95. The number of rotatable bonds is 8. The number of hydrogen-bond donors (Lipinski definition) is 1. The Morgan fingerprint density at radius 3 is 2.24 bits per heavy atom. The van der Waals surface area contributed by atoms with Crippen LogP contribution in [0, 0.1) is 0 Å². The normalized spacial score (nSPS) is 14.8. The topological polar surface area (TPSA) is 35.6 Å². The van der Waals surface area contributed by atoms with Crippen LogP contribution in [0.5, 0.6) is 0 Å². The number of carbonyl (C=O) groups is 1. The zero-order valence-electron chi connectivity index (χ0n) is 12.3. The van der Waals surface area contributed by atoms with Crippen molar-refractivity contribution in [2.45, 2.75) is 46.2 Å². The van der Waals surface area contributed by atoms with Crippen molar-refractivity contribution in [3.05, 3.63) is 0 Å². The van der Waals surface area contributed by atoms with Crippen molar-refractivity contribution in [2.24, 2.45) is 0 Å². The van der Waals surface area contributed by atoms with Crippen molar-refractivity contribution in [2.75, 3.05) is 33.7 Å². The van der Waals surface area contributed by atoms with Gasteiger partial charge in [-0.1, -0.05) is 6.92 Å². The molecule has 0 aromatic carbocycles. The lowest BCUT2D eigenvalue weighted by Crippen LogP contribution is -2.45. The summed E-state index contributed by atoms with van der Waals surface area (Å²) in [5.41, 5.74) is 0. The van der Waals surface area contributed by atoms with Crippen molar-refractivity contribution in [1.82, 2.24) is 15.1 Å². The van der Waals surface area contributed by atoms with Crippen molar-refractivity contribution < 1.29 is 4.79 Å². The molecule has 0 aromatic heterocycles. The Morgan fingerprint density at radius 2 is 1.82 bits per heavy atom. The average Bonchev–Trinajstić information content (AvgIpc) is 2.17. The zero-order valence-corrected chi connectivity index (χ0v) is 12.3. The van der Waals surface area contributed by atoms with Crippen LogP contribution in [0.4, 0.5) is 0 Å². The van der Waals surface area contributed by atoms with Crippen LogP contribution in [0.3, 0.4) is 0 Å². The summed E-state index contributed by atoms with van der Waals surface area (Å²) in [6.45, 7) is 10.9. The lowest BCUT2D eigenvalue weighted by Gasteiger charge is -2.31. The zero-order chi connectivity index (χ0) is 13.4. The Bertz CT molecular complexity index is 219. The minimum atomic E-state index is 0.246. The van der Waals surface area contributed by atoms with Crippen LogP contribution in [0.25, 0.3) is 0 Å². The van der Waals surface area contributed by atoms with Gasteiger partial charge < -0.3 is 15.1 Å². The first-order valence-corrected chi connectivity index (χ1v) is 6.59. The van der Waals surface area contributed by atoms with Gasteiger partial charge in [0.15, 0.2) is 0 Å². The van der Waals surface area contributed by atoms with E-state index in [0.717, 1.165) is 19.6 Å². The quantitative estimate of drug-likeness (QED) is 0.695. The highest BCUT2D eigenvalue weighted by molar-refractivity contribution is 5.77. The molecule has 4 nitrogen and oxygen atoms in total. The molecular formula is C13H29N3O. The summed E-state index contributed by atoms with van der Waals surface area (Å²) in [6.07, 6.45) is 0.583. The van der Waals surface area contributed by atoms with E-state index in [1.807, 2.05) is 25.9 Å². The summed E-state index contributed by atoms with van der Waals surface area (Å²) < 4.78 is 0. The fourth-order valence-electron chi connectivity index (χ4n) is 2.16. The molecular weight excluding hydrogens is 214 g/mol. The van der Waals surface area contributed by atoms with Crippen LogP contribution in [0.1, 0.15) is 34.1 Å². The lowest BCUT2D eigenvalue weighted by molar-refractivity contribution is -0.133. The molecule has 0 saturated carbocycles. The largest absolute Gasteiger partial charge is 0.339 e. The molecule has 0 aliphatic carbocycles. The monoisotopic (exact) mass is 243 g/mol. The maximum Gasteiger partial charge on any atom is 0.224 e. The molecule has 0 aliphatic heterocycles. The molecule has 0 saturated heterocycles. The highest BCUT2D eigenvalue weighted by Gasteiger charge is 2.20. The fourth-order valence-corrected chi connectivity index (χ4v) is 2.16. The molecule has 102 valence electrons. The maximum atomic E-state index is 12.1. The minimum absolute atomic E-state index is 0.246. The Hall–Kier alpha value is -0.610. The minimum Gasteiger partial charge on any atom is -0.339 e. The third-order valence-electron chi connectivity index (χ3n) is 2.86. The van der Waals surface area contributed by atoms with Crippen LogP contribution in [0.15, 0.2) is 0 Å². The van der Waals surface area contributed by atoms with E-state index in [-0.39, 0.29) is 18.0 Å². The van der Waals surface area contributed by atoms with Gasteiger partial charge in [0.2, 0.25) is 5.91 Å². The molecule has 17 heavy (non-hydrogen) atoms. The Morgan fingerprint density at radius 1 is 1.24 bits per heavy atom. The number of nitrogens with one attached hydrogen (secondary N) is 1. The number of likely N-dealkylation sites (N-methyl/N-ethyl adjacent to an activating group) is 2. The first-order chi connectivity index (χ1) is 7.92. The first-order valence-electron chi connectivity index (χ1n) is 6.59. The van der Waals surface area contributed by atoms with Gasteiger partial charge in [0.1, 0.15) is 0 Å². The fraction of sp³-hybridized carbons (Fsp3) is 0.923. The average molecular weight is 243 g/mol. The van der Waals surface area contributed by atoms with E-state index in [9.17, 15) is 4.79 Å². The van der Waals surface area contributed by atoms with Crippen LogP contribution in [0.2, 0.25) is 0 Å². The lowest BCUT2D eigenvalue weighted by atomic mass is 10.1. The predicted octanol–water partition coefficient (Wildman–Crippen LogP) is 1.17. The third kappa shape index (κ3) is 6.64. The van der Waals surface area contributed by atoms with Crippen molar-refractivity contribution in [3.63, 3.8) is 0 Å². The smallest absolute Gasteiger partial charge is 0.224 e. The van der Waals surface area contributed by atoms with Crippen LogP contribution in [-0.2, 0) is 4.79 Å². The summed E-state index contributed by atoms with van der Waals surface area (Å²) in [5, 5.41) is 3.28. The highest BCUT2D eigenvalue weighted by atomic mass is 16.2. The molecule has 0 spiro atoms. The van der Waals surface area contributed by atoms with Gasteiger partial charge in [-0.05, 0) is 41.4 Å².